The van der Waals surface area contributed by atoms with E-state index in [9.17, 15) is 67.3 Å². The van der Waals surface area contributed by atoms with E-state index in [1.54, 1.807) is 0 Å². The van der Waals surface area contributed by atoms with Crippen molar-refractivity contribution in [1.29, 1.82) is 0 Å². The number of guanidine groups is 1. The highest BCUT2D eigenvalue weighted by Crippen LogP contribution is 2.42. The number of benzene rings is 1. The Morgan fingerprint density at radius 2 is 1.47 bits per heavy atom. The molecular formula is C42H58F2N12O16S2. The van der Waals surface area contributed by atoms with Crippen LogP contribution in [0.15, 0.2) is 46.3 Å². The third-order valence-electron chi connectivity index (χ3n) is 10.6. The number of alkyl halides is 2. The molecular weight excluding hydrogens is 1030 g/mol. The number of amides is 6. The van der Waals surface area contributed by atoms with Crippen LogP contribution in [0.2, 0.25) is 0 Å². The van der Waals surface area contributed by atoms with Gasteiger partial charge in [-0.05, 0) is 55.9 Å². The molecule has 0 bridgehead atoms. The highest BCUT2D eigenvalue weighted by Gasteiger charge is 2.60. The fourth-order valence-corrected chi connectivity index (χ4v) is 8.57. The van der Waals surface area contributed by atoms with Crippen molar-refractivity contribution in [3.8, 4) is 5.75 Å². The number of carboxylic acid groups (broad SMARTS) is 1. The van der Waals surface area contributed by atoms with Crippen LogP contribution in [-0.2, 0) is 54.1 Å². The number of aliphatic carboxylic acids is 1. The Bertz CT molecular complexity index is 2370. The number of phenolic OH excluding ortho intramolecular Hbond substituents is 1. The lowest BCUT2D eigenvalue weighted by atomic mass is 10.0. The standard InChI is InChI=1S/C42H58F2N12O16S2/c43-42(44)32(61)28(72-37(42)56-13-10-29(45)55-39(56)66)21-71-41(68)70-15-17-74-73-16-14-69-40(67)49-11-2-1-4-25-34(63)52-24(5-3-12-48-38(46)47)33(62)50-20-30(58)51-27(19-31(59)60)36(65)54-26(35(64)53-25)18-22-6-8-23(57)9-7-22/h6-10,13,24-28,32,37,57,61H,1-5,11-12,14-21H2,(H,49,67)(H,50,62)(H,51,58)(H,52,63)(H,53,64)(H,54,65)(H,59,60)(H2,45,55,66)(H4,46,47,48)/t24-,25-,26+,27-,28+,32+,37+/m0/s1. The molecule has 2 saturated heterocycles. The van der Waals surface area contributed by atoms with Crippen LogP contribution in [0.1, 0.15) is 50.3 Å². The van der Waals surface area contributed by atoms with Crippen molar-refractivity contribution in [3.05, 3.63) is 52.6 Å². The molecule has 2 aromatic rings. The number of phenols is 1. The highest BCUT2D eigenvalue weighted by molar-refractivity contribution is 8.76. The molecule has 28 nitrogen and oxygen atoms in total. The summed E-state index contributed by atoms with van der Waals surface area (Å²) in [6, 6.07) is 0.936. The van der Waals surface area contributed by atoms with Crippen LogP contribution in [0.3, 0.4) is 0 Å². The van der Waals surface area contributed by atoms with Crippen LogP contribution in [0.5, 0.6) is 5.75 Å². The number of halogens is 2. The zero-order valence-electron chi connectivity index (χ0n) is 39.4. The van der Waals surface area contributed by atoms with Crippen molar-refractivity contribution in [2.75, 3.05) is 56.7 Å². The van der Waals surface area contributed by atoms with Crippen LogP contribution >= 0.6 is 21.6 Å². The molecule has 2 fully saturated rings. The molecule has 2 aliphatic rings. The lowest BCUT2D eigenvalue weighted by Crippen LogP contribution is -2.58. The summed E-state index contributed by atoms with van der Waals surface area (Å²) < 4.78 is 49.9. The number of carbonyl (C=O) groups excluding carboxylic acids is 7. The van der Waals surface area contributed by atoms with Crippen molar-refractivity contribution in [2.45, 2.75) is 93.5 Å². The first-order valence-electron chi connectivity index (χ1n) is 22.7. The summed E-state index contributed by atoms with van der Waals surface area (Å²) in [5.74, 6) is -9.90. The maximum absolute atomic E-state index is 14.7. The van der Waals surface area contributed by atoms with Gasteiger partial charge in [-0.2, -0.15) is 13.8 Å². The molecule has 0 radical (unpaired) electrons. The number of nitrogens with one attached hydrogen (secondary N) is 6. The molecule has 1 aromatic carbocycles. The van der Waals surface area contributed by atoms with Crippen LogP contribution in [0.25, 0.3) is 0 Å². The van der Waals surface area contributed by atoms with Crippen LogP contribution in [0.4, 0.5) is 24.2 Å². The number of nitrogen functional groups attached to an aromatic ring is 1. The van der Waals surface area contributed by atoms with E-state index in [2.05, 4.69) is 41.9 Å². The van der Waals surface area contributed by atoms with E-state index < -0.39 is 122 Å². The number of carbonyl (C=O) groups is 8. The van der Waals surface area contributed by atoms with Crippen LogP contribution in [0, 0.1) is 0 Å². The van der Waals surface area contributed by atoms with Gasteiger partial charge in [-0.25, -0.2) is 14.4 Å². The molecule has 0 unspecified atom stereocenters. The van der Waals surface area contributed by atoms with E-state index in [4.69, 9.17) is 36.1 Å². The third-order valence-corrected chi connectivity index (χ3v) is 12.9. The number of rotatable bonds is 23. The number of alkyl carbamates (subject to hydrolysis) is 1. The summed E-state index contributed by atoms with van der Waals surface area (Å²) in [4.78, 5) is 123. The van der Waals surface area contributed by atoms with E-state index in [1.165, 1.54) is 45.9 Å². The maximum Gasteiger partial charge on any atom is 0.508 e. The first-order valence-corrected chi connectivity index (χ1v) is 25.2. The predicted molar refractivity (Wildman–Crippen MR) is 258 cm³/mol. The summed E-state index contributed by atoms with van der Waals surface area (Å²) in [7, 11) is 2.51. The molecule has 74 heavy (non-hydrogen) atoms. The summed E-state index contributed by atoms with van der Waals surface area (Å²) in [6.45, 7) is -1.59. The number of nitrogens with zero attached hydrogens (tertiary/aromatic N) is 3. The number of aliphatic hydroxyl groups is 1. The molecule has 7 atom stereocenters. The SMILES string of the molecule is NC(N)=NCCC[C@@H]1NC(=O)[C@H](CCCCNC(=O)OCCSSCCOC(=O)OC[C@H]2O[C@@H](n3ccc(N)nc3=O)C(F)(F)[C@@H]2O)NC(=O)[C@@H](Cc2ccc(O)cc2)NC(=O)[C@H](CC(=O)O)NC(=O)CNC1=O. The second-order valence-electron chi connectivity index (χ2n) is 16.2. The molecule has 4 rings (SSSR count). The molecule has 0 spiro atoms. The Labute approximate surface area is 427 Å². The number of carboxylic acids is 1. The number of aromatic hydroxyl groups is 1. The van der Waals surface area contributed by atoms with Gasteiger partial charge in [0.05, 0.1) is 13.0 Å². The number of hydrogen-bond donors (Lipinski definition) is 12. The number of aliphatic hydroxyl groups excluding tert-OH is 1. The summed E-state index contributed by atoms with van der Waals surface area (Å²) in [5.41, 5.74) is 15.5. The van der Waals surface area contributed by atoms with E-state index >= 15 is 0 Å². The lowest BCUT2D eigenvalue weighted by molar-refractivity contribution is -0.141. The number of nitrogens with two attached hydrogens (primary N) is 3. The minimum atomic E-state index is -3.94. The average molecular weight is 1090 g/mol. The van der Waals surface area contributed by atoms with Gasteiger partial charge in [-0.1, -0.05) is 33.7 Å². The fraction of sp³-hybridized carbons (Fsp3) is 0.548. The van der Waals surface area contributed by atoms with Gasteiger partial charge < -0.3 is 83.4 Å². The van der Waals surface area contributed by atoms with Gasteiger partial charge in [-0.15, -0.1) is 0 Å². The normalized spacial score (nSPS) is 22.3. The number of ether oxygens (including phenoxy) is 4. The lowest BCUT2D eigenvalue weighted by Gasteiger charge is -2.26. The van der Waals surface area contributed by atoms with Gasteiger partial charge in [0.15, 0.2) is 12.1 Å². The largest absolute Gasteiger partial charge is 0.508 e. The molecule has 15 N–H and O–H groups in total. The average Bonchev–Trinajstić information content (AvgIpc) is 3.56. The summed E-state index contributed by atoms with van der Waals surface area (Å²) in [5, 5.41) is 44.2. The Kier molecular flexibility index (Phi) is 23.7. The third kappa shape index (κ3) is 19.7. The second-order valence-corrected chi connectivity index (χ2v) is 18.9. The number of unbranched alkanes of at least 4 members (excludes halogenated alkanes) is 1. The zero-order chi connectivity index (χ0) is 54.4. The van der Waals surface area contributed by atoms with E-state index in [0.29, 0.717) is 15.9 Å². The molecule has 0 saturated carbocycles. The Morgan fingerprint density at radius 1 is 0.851 bits per heavy atom. The highest BCUT2D eigenvalue weighted by atomic mass is 33.1. The zero-order valence-corrected chi connectivity index (χ0v) is 41.0. The van der Waals surface area contributed by atoms with Crippen molar-refractivity contribution in [2.24, 2.45) is 16.5 Å². The van der Waals surface area contributed by atoms with E-state index in [1.807, 2.05) is 0 Å². The predicted octanol–water partition coefficient (Wildman–Crippen LogP) is -2.30. The van der Waals surface area contributed by atoms with Gasteiger partial charge in [-0.3, -0.25) is 38.3 Å². The van der Waals surface area contributed by atoms with Crippen molar-refractivity contribution in [3.63, 3.8) is 0 Å². The van der Waals surface area contributed by atoms with Gasteiger partial charge in [0, 0.05) is 37.2 Å². The first-order chi connectivity index (χ1) is 35.1. The van der Waals surface area contributed by atoms with Crippen molar-refractivity contribution in [1.82, 2.24) is 41.5 Å². The van der Waals surface area contributed by atoms with Crippen molar-refractivity contribution < 1.29 is 81.4 Å². The van der Waals surface area contributed by atoms with Gasteiger partial charge >= 0.3 is 29.8 Å². The molecule has 408 valence electrons. The second kappa shape index (κ2) is 29.5. The molecule has 2 aliphatic heterocycles. The monoisotopic (exact) mass is 1090 g/mol. The maximum atomic E-state index is 14.7. The van der Waals surface area contributed by atoms with Crippen LogP contribution < -0.4 is 54.8 Å². The van der Waals surface area contributed by atoms with Crippen LogP contribution in [-0.4, -0.2) is 172 Å². The van der Waals surface area contributed by atoms with Gasteiger partial charge in [0.2, 0.25) is 35.8 Å². The van der Waals surface area contributed by atoms with E-state index in [-0.39, 0.29) is 88.1 Å². The Balaban J connectivity index is 1.24. The fourth-order valence-electron chi connectivity index (χ4n) is 6.92. The van der Waals surface area contributed by atoms with Gasteiger partial charge in [0.25, 0.3) is 0 Å². The quantitative estimate of drug-likeness (QED) is 0.0183. The minimum absolute atomic E-state index is 0.0294. The molecule has 3 heterocycles. The molecule has 0 aliphatic carbocycles. The summed E-state index contributed by atoms with van der Waals surface area (Å²) in [6.07, 6.45) is -7.99. The van der Waals surface area contributed by atoms with Crippen molar-refractivity contribution >= 4 is 81.1 Å². The number of aliphatic imine (C=N–C) groups is 1. The Morgan fingerprint density at radius 3 is 2.14 bits per heavy atom. The molecule has 32 heteroatoms. The molecule has 6 amide bonds. The molecule has 1 aromatic heterocycles. The summed E-state index contributed by atoms with van der Waals surface area (Å²) >= 11 is 0. The smallest absolute Gasteiger partial charge is 0.508 e. The minimum Gasteiger partial charge on any atom is -0.508 e. The first kappa shape index (κ1) is 59.4. The number of anilines is 1. The topological polar surface area (TPSA) is 432 Å². The van der Waals surface area contributed by atoms with E-state index in [0.717, 1.165) is 12.3 Å². The van der Waals surface area contributed by atoms with Gasteiger partial charge in [0.1, 0.15) is 61.7 Å². The number of aromatic nitrogens is 2. The Hall–Kier alpha value is -7.19. The number of hydrogen-bond acceptors (Lipinski definition) is 20.